The van der Waals surface area contributed by atoms with E-state index in [1.807, 2.05) is 0 Å². The molecule has 2 amide bonds. The van der Waals surface area contributed by atoms with Crippen molar-refractivity contribution in [3.63, 3.8) is 0 Å². The Labute approximate surface area is 159 Å². The first-order valence-electron chi connectivity index (χ1n) is 7.83. The minimum Gasteiger partial charge on any atom is -0.497 e. The monoisotopic (exact) mass is 382 g/mol. The average Bonchev–Trinajstić information content (AvgIpc) is 2.95. The van der Waals surface area contributed by atoms with Gasteiger partial charge in [-0.05, 0) is 42.1 Å². The molecule has 8 heteroatoms. The van der Waals surface area contributed by atoms with Crippen molar-refractivity contribution >= 4 is 40.4 Å². The number of rotatable bonds is 5. The number of nitro groups is 1. The molecular weight excluding hydrogens is 368 g/mol. The molecular formula is C19H14N2O5S. The summed E-state index contributed by atoms with van der Waals surface area (Å²) >= 11 is 0.808. The average molecular weight is 382 g/mol. The molecule has 1 saturated heterocycles. The summed E-state index contributed by atoms with van der Waals surface area (Å²) in [6.07, 6.45) is 4.52. The van der Waals surface area contributed by atoms with Crippen molar-refractivity contribution in [3.8, 4) is 5.75 Å². The van der Waals surface area contributed by atoms with Gasteiger partial charge in [-0.15, -0.1) is 0 Å². The van der Waals surface area contributed by atoms with E-state index in [-0.39, 0.29) is 10.6 Å². The second-order valence-corrected chi connectivity index (χ2v) is 6.41. The minimum atomic E-state index is -0.476. The van der Waals surface area contributed by atoms with Gasteiger partial charge in [-0.3, -0.25) is 19.7 Å². The summed E-state index contributed by atoms with van der Waals surface area (Å²) in [7, 11) is 1.50. The molecule has 7 nitrogen and oxygen atoms in total. The number of amides is 2. The van der Waals surface area contributed by atoms with E-state index in [2.05, 4.69) is 0 Å². The fraction of sp³-hybridized carbons (Fsp3) is 0.0526. The lowest BCUT2D eigenvalue weighted by Gasteiger charge is -2.13. The third kappa shape index (κ3) is 3.90. The fourth-order valence-corrected chi connectivity index (χ4v) is 3.28. The number of allylic oxidation sites excluding steroid dienone is 2. The van der Waals surface area contributed by atoms with Crippen LogP contribution in [0, 0.1) is 10.1 Å². The van der Waals surface area contributed by atoms with Gasteiger partial charge in [0.2, 0.25) is 0 Å². The van der Waals surface area contributed by atoms with Gasteiger partial charge in [-0.25, -0.2) is 4.90 Å². The third-order valence-corrected chi connectivity index (χ3v) is 4.65. The number of methoxy groups -OCH3 is 1. The van der Waals surface area contributed by atoms with Crippen LogP contribution in [0.15, 0.2) is 65.6 Å². The van der Waals surface area contributed by atoms with Crippen LogP contribution in [0.5, 0.6) is 5.75 Å². The minimum absolute atomic E-state index is 0.0355. The molecule has 0 unspecified atom stereocenters. The van der Waals surface area contributed by atoms with Gasteiger partial charge in [0.1, 0.15) is 5.75 Å². The number of ether oxygens (including phenoxy) is 1. The molecule has 0 N–H and O–H groups in total. The molecule has 0 bridgehead atoms. The standard InChI is InChI=1S/C19H14N2O5S/c1-26-15-9-5-8-14(12-15)20-18(22)17(27-19(20)23)11-4-7-13-6-2-3-10-16(13)21(24)25/h2-12H,1H3/b7-4+,17-11-. The highest BCUT2D eigenvalue weighted by Crippen LogP contribution is 2.35. The Hall–Kier alpha value is -3.39. The molecule has 3 rings (SSSR count). The maximum Gasteiger partial charge on any atom is 0.298 e. The summed E-state index contributed by atoms with van der Waals surface area (Å²) < 4.78 is 5.12. The Bertz CT molecular complexity index is 984. The van der Waals surface area contributed by atoms with Crippen LogP contribution in [-0.2, 0) is 4.79 Å². The van der Waals surface area contributed by atoms with Gasteiger partial charge in [0.05, 0.1) is 28.2 Å². The number of carbonyl (C=O) groups is 2. The van der Waals surface area contributed by atoms with Crippen molar-refractivity contribution in [3.05, 3.63) is 81.3 Å². The molecule has 0 spiro atoms. The molecule has 0 aliphatic carbocycles. The van der Waals surface area contributed by atoms with Gasteiger partial charge < -0.3 is 4.74 Å². The van der Waals surface area contributed by atoms with Gasteiger partial charge in [0.25, 0.3) is 16.8 Å². The number of thioether (sulfide) groups is 1. The van der Waals surface area contributed by atoms with E-state index in [0.717, 1.165) is 16.7 Å². The van der Waals surface area contributed by atoms with Crippen LogP contribution >= 0.6 is 11.8 Å². The molecule has 1 aliphatic rings. The lowest BCUT2D eigenvalue weighted by atomic mass is 10.1. The van der Waals surface area contributed by atoms with Crippen LogP contribution in [0.4, 0.5) is 16.2 Å². The van der Waals surface area contributed by atoms with Crippen molar-refractivity contribution in [2.45, 2.75) is 0 Å². The summed E-state index contributed by atoms with van der Waals surface area (Å²) in [5.74, 6) is 0.0808. The molecule has 136 valence electrons. The molecule has 1 aliphatic heterocycles. The Morgan fingerprint density at radius 3 is 2.67 bits per heavy atom. The van der Waals surface area contributed by atoms with E-state index >= 15 is 0 Å². The molecule has 2 aromatic rings. The summed E-state index contributed by atoms with van der Waals surface area (Å²) in [5.41, 5.74) is 0.792. The zero-order chi connectivity index (χ0) is 19.4. The van der Waals surface area contributed by atoms with Crippen molar-refractivity contribution < 1.29 is 19.2 Å². The number of carbonyl (C=O) groups excluding carboxylic acids is 2. The van der Waals surface area contributed by atoms with Crippen molar-refractivity contribution in [2.75, 3.05) is 12.0 Å². The van der Waals surface area contributed by atoms with Crippen LogP contribution in [0.25, 0.3) is 6.08 Å². The normalized spacial score (nSPS) is 15.7. The summed E-state index contributed by atoms with van der Waals surface area (Å²) in [6, 6.07) is 12.9. The van der Waals surface area contributed by atoms with E-state index in [1.165, 1.54) is 31.4 Å². The van der Waals surface area contributed by atoms with Gasteiger partial charge in [0.15, 0.2) is 0 Å². The predicted octanol–water partition coefficient (Wildman–Crippen LogP) is 4.40. The fourth-order valence-electron chi connectivity index (χ4n) is 2.49. The molecule has 1 heterocycles. The number of nitro benzene ring substituents is 1. The highest BCUT2D eigenvalue weighted by Gasteiger charge is 2.36. The first-order chi connectivity index (χ1) is 13.0. The Morgan fingerprint density at radius 2 is 1.93 bits per heavy atom. The number of hydrogen-bond donors (Lipinski definition) is 0. The van der Waals surface area contributed by atoms with Crippen molar-refractivity contribution in [1.82, 2.24) is 0 Å². The van der Waals surface area contributed by atoms with E-state index < -0.39 is 16.1 Å². The lowest BCUT2D eigenvalue weighted by molar-refractivity contribution is -0.385. The Morgan fingerprint density at radius 1 is 1.15 bits per heavy atom. The molecule has 0 atom stereocenters. The van der Waals surface area contributed by atoms with Crippen molar-refractivity contribution in [2.24, 2.45) is 0 Å². The Balaban J connectivity index is 1.83. The molecule has 27 heavy (non-hydrogen) atoms. The van der Waals surface area contributed by atoms with E-state index in [4.69, 9.17) is 4.74 Å². The van der Waals surface area contributed by atoms with Gasteiger partial charge >= 0.3 is 0 Å². The first-order valence-corrected chi connectivity index (χ1v) is 8.65. The maximum atomic E-state index is 12.6. The van der Waals surface area contributed by atoms with E-state index in [9.17, 15) is 19.7 Å². The smallest absolute Gasteiger partial charge is 0.298 e. The van der Waals surface area contributed by atoms with Gasteiger partial charge in [0, 0.05) is 12.1 Å². The summed E-state index contributed by atoms with van der Waals surface area (Å²) in [4.78, 5) is 36.7. The topological polar surface area (TPSA) is 89.8 Å². The van der Waals surface area contributed by atoms with E-state index in [1.54, 1.807) is 42.5 Å². The zero-order valence-corrected chi connectivity index (χ0v) is 15.0. The highest BCUT2D eigenvalue weighted by atomic mass is 32.2. The number of para-hydroxylation sites is 1. The second kappa shape index (κ2) is 7.88. The van der Waals surface area contributed by atoms with Crippen LogP contribution < -0.4 is 9.64 Å². The van der Waals surface area contributed by atoms with Crippen molar-refractivity contribution in [1.29, 1.82) is 0 Å². The SMILES string of the molecule is COc1cccc(N2C(=O)S/C(=C\C=C\c3ccccc3[N+](=O)[O-])C2=O)c1. The molecule has 2 aromatic carbocycles. The quantitative estimate of drug-likeness (QED) is 0.432. The highest BCUT2D eigenvalue weighted by molar-refractivity contribution is 8.18. The second-order valence-electron chi connectivity index (χ2n) is 5.42. The summed E-state index contributed by atoms with van der Waals surface area (Å²) in [6.45, 7) is 0. The predicted molar refractivity (Wildman–Crippen MR) is 104 cm³/mol. The number of hydrogen-bond acceptors (Lipinski definition) is 6. The lowest BCUT2D eigenvalue weighted by Crippen LogP contribution is -2.27. The molecule has 1 fully saturated rings. The summed E-state index contributed by atoms with van der Waals surface area (Å²) in [5, 5.41) is 10.6. The molecule has 0 saturated carbocycles. The van der Waals surface area contributed by atoms with Gasteiger partial charge in [-0.1, -0.05) is 24.3 Å². The third-order valence-electron chi connectivity index (χ3n) is 3.76. The zero-order valence-electron chi connectivity index (χ0n) is 14.2. The number of benzene rings is 2. The number of nitrogens with zero attached hydrogens (tertiary/aromatic N) is 2. The van der Waals surface area contributed by atoms with Crippen LogP contribution in [0.1, 0.15) is 5.56 Å². The van der Waals surface area contributed by atoms with Crippen LogP contribution in [-0.4, -0.2) is 23.2 Å². The Kier molecular flexibility index (Phi) is 5.37. The molecule has 0 radical (unpaired) electrons. The number of anilines is 1. The van der Waals surface area contributed by atoms with Crippen LogP contribution in [0.2, 0.25) is 0 Å². The maximum absolute atomic E-state index is 12.6. The van der Waals surface area contributed by atoms with E-state index in [0.29, 0.717) is 17.0 Å². The van der Waals surface area contributed by atoms with Gasteiger partial charge in [-0.2, -0.15) is 0 Å². The number of imide groups is 1. The molecule has 0 aromatic heterocycles. The first kappa shape index (κ1) is 18.4. The van der Waals surface area contributed by atoms with Crippen LogP contribution in [0.3, 0.4) is 0 Å². The largest absolute Gasteiger partial charge is 0.497 e.